The normalized spacial score (nSPS) is 14.3. The van der Waals surface area contributed by atoms with Crippen LogP contribution in [0.15, 0.2) is 46.9 Å². The van der Waals surface area contributed by atoms with Crippen molar-refractivity contribution >= 4 is 27.5 Å². The predicted octanol–water partition coefficient (Wildman–Crippen LogP) is 3.35. The van der Waals surface area contributed by atoms with Crippen LogP contribution in [0.1, 0.15) is 11.1 Å². The van der Waals surface area contributed by atoms with Crippen LogP contribution in [0.4, 0.5) is 10.1 Å². The molecule has 0 unspecified atom stereocenters. The van der Waals surface area contributed by atoms with Gasteiger partial charge in [0.25, 0.3) is 0 Å². The van der Waals surface area contributed by atoms with Gasteiger partial charge in [0.15, 0.2) is 0 Å². The summed E-state index contributed by atoms with van der Waals surface area (Å²) in [6.45, 7) is 2.31. The van der Waals surface area contributed by atoms with E-state index in [9.17, 15) is 9.18 Å². The summed E-state index contributed by atoms with van der Waals surface area (Å²) < 4.78 is 14.8. The summed E-state index contributed by atoms with van der Waals surface area (Å²) >= 11 is 3.38. The first kappa shape index (κ1) is 17.4. The fourth-order valence-corrected chi connectivity index (χ4v) is 3.24. The summed E-state index contributed by atoms with van der Waals surface area (Å²) in [5.41, 5.74) is 1.65. The molecule has 1 fully saturated rings. The maximum atomic E-state index is 13.8. The van der Waals surface area contributed by atoms with E-state index in [1.807, 2.05) is 40.1 Å². The Bertz CT molecular complexity index is 808. The van der Waals surface area contributed by atoms with E-state index in [1.54, 1.807) is 12.1 Å². The van der Waals surface area contributed by atoms with Gasteiger partial charge in [0, 0.05) is 30.7 Å². The van der Waals surface area contributed by atoms with Gasteiger partial charge in [0.05, 0.1) is 12.1 Å². The fraction of sp³-hybridized carbons (Fsp3) is 0.263. The Morgan fingerprint density at radius 1 is 1.12 bits per heavy atom. The molecular formula is C19H17BrFN3O. The molecule has 128 valence electrons. The third kappa shape index (κ3) is 3.99. The summed E-state index contributed by atoms with van der Waals surface area (Å²) in [7, 11) is 0. The van der Waals surface area contributed by atoms with E-state index >= 15 is 0 Å². The van der Waals surface area contributed by atoms with Gasteiger partial charge in [-0.1, -0.05) is 34.1 Å². The highest BCUT2D eigenvalue weighted by Crippen LogP contribution is 2.24. The SMILES string of the molecule is N#Cc1c(F)cccc1N1CCN(C(=O)Cc2ccc(Br)cc2)CC1. The standard InChI is InChI=1S/C19H17BrFN3O/c20-15-6-4-14(5-7-15)12-19(25)24-10-8-23(9-11-24)18-3-1-2-17(21)16(18)13-22/h1-7H,8-12H2. The lowest BCUT2D eigenvalue weighted by atomic mass is 10.1. The summed E-state index contributed by atoms with van der Waals surface area (Å²) in [5.74, 6) is -0.421. The number of nitrogens with zero attached hydrogens (tertiary/aromatic N) is 3. The van der Waals surface area contributed by atoms with E-state index in [0.717, 1.165) is 10.0 Å². The molecule has 2 aromatic rings. The zero-order valence-electron chi connectivity index (χ0n) is 13.6. The van der Waals surface area contributed by atoms with Gasteiger partial charge in [-0.15, -0.1) is 0 Å². The van der Waals surface area contributed by atoms with E-state index in [2.05, 4.69) is 15.9 Å². The highest BCUT2D eigenvalue weighted by Gasteiger charge is 2.23. The Kier molecular flexibility index (Phi) is 5.34. The highest BCUT2D eigenvalue weighted by molar-refractivity contribution is 9.10. The quantitative estimate of drug-likeness (QED) is 0.791. The lowest BCUT2D eigenvalue weighted by molar-refractivity contribution is -0.130. The minimum absolute atomic E-state index is 0.0668. The van der Waals surface area contributed by atoms with Crippen molar-refractivity contribution in [2.24, 2.45) is 0 Å². The van der Waals surface area contributed by atoms with Crippen LogP contribution in [0, 0.1) is 17.1 Å². The van der Waals surface area contributed by atoms with E-state index in [1.165, 1.54) is 6.07 Å². The number of hydrogen-bond donors (Lipinski definition) is 0. The topological polar surface area (TPSA) is 47.3 Å². The molecule has 0 N–H and O–H groups in total. The van der Waals surface area contributed by atoms with Crippen molar-refractivity contribution in [3.05, 3.63) is 63.9 Å². The van der Waals surface area contributed by atoms with Crippen LogP contribution < -0.4 is 4.90 Å². The number of amides is 1. The summed E-state index contributed by atoms with van der Waals surface area (Å²) in [4.78, 5) is 16.2. The maximum Gasteiger partial charge on any atom is 0.227 e. The molecule has 2 aromatic carbocycles. The van der Waals surface area contributed by atoms with Crippen molar-refractivity contribution in [1.29, 1.82) is 5.26 Å². The number of carbonyl (C=O) groups is 1. The monoisotopic (exact) mass is 401 g/mol. The number of carbonyl (C=O) groups excluding carboxylic acids is 1. The lowest BCUT2D eigenvalue weighted by Gasteiger charge is -2.36. The average Bonchev–Trinajstić information content (AvgIpc) is 2.63. The van der Waals surface area contributed by atoms with Gasteiger partial charge in [-0.05, 0) is 29.8 Å². The first-order valence-corrected chi connectivity index (χ1v) is 8.83. The number of nitriles is 1. The van der Waals surface area contributed by atoms with Crippen LogP contribution >= 0.6 is 15.9 Å². The van der Waals surface area contributed by atoms with Gasteiger partial charge in [0.2, 0.25) is 5.91 Å². The molecule has 0 spiro atoms. The molecular weight excluding hydrogens is 385 g/mol. The van der Waals surface area contributed by atoms with Crippen LogP contribution in [0.2, 0.25) is 0 Å². The molecule has 0 atom stereocenters. The minimum atomic E-state index is -0.506. The van der Waals surface area contributed by atoms with Crippen molar-refractivity contribution in [3.63, 3.8) is 0 Å². The number of benzene rings is 2. The molecule has 1 heterocycles. The van der Waals surface area contributed by atoms with Crippen LogP contribution in [0.5, 0.6) is 0 Å². The number of anilines is 1. The molecule has 25 heavy (non-hydrogen) atoms. The van der Waals surface area contributed by atoms with Crippen molar-refractivity contribution in [1.82, 2.24) is 4.90 Å². The van der Waals surface area contributed by atoms with Gasteiger partial charge in [-0.25, -0.2) is 4.39 Å². The molecule has 0 aromatic heterocycles. The van der Waals surface area contributed by atoms with Gasteiger partial charge >= 0.3 is 0 Å². The van der Waals surface area contributed by atoms with Gasteiger partial charge in [0.1, 0.15) is 17.4 Å². The summed E-state index contributed by atoms with van der Waals surface area (Å²) in [6.07, 6.45) is 0.372. The molecule has 1 amide bonds. The zero-order chi connectivity index (χ0) is 17.8. The van der Waals surface area contributed by atoms with Crippen LogP contribution in [0.3, 0.4) is 0 Å². The minimum Gasteiger partial charge on any atom is -0.367 e. The van der Waals surface area contributed by atoms with E-state index in [-0.39, 0.29) is 11.5 Å². The van der Waals surface area contributed by atoms with E-state index in [0.29, 0.717) is 38.3 Å². The molecule has 0 radical (unpaired) electrons. The third-order valence-electron chi connectivity index (χ3n) is 4.35. The largest absolute Gasteiger partial charge is 0.367 e. The van der Waals surface area contributed by atoms with Crippen LogP contribution in [-0.4, -0.2) is 37.0 Å². The first-order valence-electron chi connectivity index (χ1n) is 8.04. The Balaban J connectivity index is 1.62. The van der Waals surface area contributed by atoms with Crippen molar-refractivity contribution in [2.75, 3.05) is 31.1 Å². The van der Waals surface area contributed by atoms with E-state index in [4.69, 9.17) is 5.26 Å². The van der Waals surface area contributed by atoms with Gasteiger partial charge < -0.3 is 9.80 Å². The Labute approximate surface area is 154 Å². The second-order valence-electron chi connectivity index (χ2n) is 5.92. The molecule has 0 bridgehead atoms. The van der Waals surface area contributed by atoms with Crippen molar-refractivity contribution < 1.29 is 9.18 Å². The Hall–Kier alpha value is -2.39. The second-order valence-corrected chi connectivity index (χ2v) is 6.83. The number of halogens is 2. The molecule has 3 rings (SSSR count). The maximum absolute atomic E-state index is 13.8. The first-order chi connectivity index (χ1) is 12.1. The van der Waals surface area contributed by atoms with Crippen molar-refractivity contribution in [3.8, 4) is 6.07 Å². The van der Waals surface area contributed by atoms with Gasteiger partial charge in [-0.2, -0.15) is 5.26 Å². The molecule has 1 aliphatic rings. The molecule has 6 heteroatoms. The van der Waals surface area contributed by atoms with Crippen LogP contribution in [-0.2, 0) is 11.2 Å². The summed E-state index contributed by atoms with van der Waals surface area (Å²) in [5, 5.41) is 9.17. The van der Waals surface area contributed by atoms with Crippen molar-refractivity contribution in [2.45, 2.75) is 6.42 Å². The second kappa shape index (κ2) is 7.66. The Morgan fingerprint density at radius 3 is 2.44 bits per heavy atom. The number of rotatable bonds is 3. The van der Waals surface area contributed by atoms with E-state index < -0.39 is 5.82 Å². The molecule has 0 saturated carbocycles. The number of piperazine rings is 1. The summed E-state index contributed by atoms with van der Waals surface area (Å²) in [6, 6.07) is 14.3. The smallest absolute Gasteiger partial charge is 0.227 e. The molecule has 1 aliphatic heterocycles. The zero-order valence-corrected chi connectivity index (χ0v) is 15.2. The molecule has 4 nitrogen and oxygen atoms in total. The highest BCUT2D eigenvalue weighted by atomic mass is 79.9. The third-order valence-corrected chi connectivity index (χ3v) is 4.87. The molecule has 0 aliphatic carbocycles. The Morgan fingerprint density at radius 2 is 1.80 bits per heavy atom. The fourth-order valence-electron chi connectivity index (χ4n) is 2.97. The van der Waals surface area contributed by atoms with Gasteiger partial charge in [-0.3, -0.25) is 4.79 Å². The average molecular weight is 402 g/mol. The lowest BCUT2D eigenvalue weighted by Crippen LogP contribution is -2.49. The molecule has 1 saturated heterocycles. The van der Waals surface area contributed by atoms with Crippen LogP contribution in [0.25, 0.3) is 0 Å². The predicted molar refractivity (Wildman–Crippen MR) is 97.8 cm³/mol. The number of hydrogen-bond acceptors (Lipinski definition) is 3.